The Morgan fingerprint density at radius 1 is 0.846 bits per heavy atom. The van der Waals surface area contributed by atoms with Gasteiger partial charge in [0.2, 0.25) is 0 Å². The Kier molecular flexibility index (Phi) is 15.3. The number of hydrogen-bond acceptors (Lipinski definition) is 14. The van der Waals surface area contributed by atoms with Gasteiger partial charge in [-0.3, -0.25) is 9.59 Å². The number of hydrogen-bond donors (Lipinski definition) is 4. The quantitative estimate of drug-likeness (QED) is 0.266. The molecular formula is C38H69NO13. The summed E-state index contributed by atoms with van der Waals surface area (Å²) in [6.07, 6.45) is -8.73. The Balaban J connectivity index is 2.22. The van der Waals surface area contributed by atoms with Crippen LogP contribution < -0.4 is 0 Å². The summed E-state index contributed by atoms with van der Waals surface area (Å²) in [5.74, 6) is -4.47. The molecule has 3 rings (SSSR count). The van der Waals surface area contributed by atoms with Crippen LogP contribution in [0.1, 0.15) is 94.9 Å². The predicted molar refractivity (Wildman–Crippen MR) is 191 cm³/mol. The third kappa shape index (κ3) is 9.38. The molecule has 3 heterocycles. The highest BCUT2D eigenvalue weighted by Crippen LogP contribution is 2.41. The van der Waals surface area contributed by atoms with Gasteiger partial charge in [0.15, 0.2) is 12.6 Å². The lowest BCUT2D eigenvalue weighted by Crippen LogP contribution is -2.61. The topological polar surface area (TPSA) is 183 Å². The molecule has 3 fully saturated rings. The van der Waals surface area contributed by atoms with Crippen LogP contribution in [0, 0.1) is 23.7 Å². The van der Waals surface area contributed by atoms with Crippen LogP contribution in [0.15, 0.2) is 0 Å². The first-order valence-corrected chi connectivity index (χ1v) is 18.9. The molecule has 3 aliphatic rings. The van der Waals surface area contributed by atoms with Gasteiger partial charge in [-0.05, 0) is 74.9 Å². The number of rotatable bonds is 8. The van der Waals surface area contributed by atoms with Gasteiger partial charge < -0.3 is 58.5 Å². The van der Waals surface area contributed by atoms with Crippen molar-refractivity contribution in [2.24, 2.45) is 23.7 Å². The smallest absolute Gasteiger partial charge is 0.311 e. The van der Waals surface area contributed by atoms with Crippen LogP contribution in [0.3, 0.4) is 0 Å². The molecule has 0 aromatic rings. The van der Waals surface area contributed by atoms with Crippen molar-refractivity contribution in [3.8, 4) is 0 Å². The third-order valence-electron chi connectivity index (χ3n) is 12.3. The summed E-state index contributed by atoms with van der Waals surface area (Å²) in [5.41, 5.74) is -4.24. The van der Waals surface area contributed by atoms with Gasteiger partial charge in [-0.1, -0.05) is 27.7 Å². The minimum Gasteiger partial charge on any atom is -0.459 e. The van der Waals surface area contributed by atoms with Crippen LogP contribution in [-0.4, -0.2) is 150 Å². The fraction of sp³-hybridized carbons (Fsp3) is 0.947. The lowest BCUT2D eigenvalue weighted by atomic mass is 9.74. The number of carbonyl (C=O) groups excluding carboxylic acids is 2. The standard InChI is InChI=1S/C38H69NO13/c1-15-26-38(10,45)31(42)21(4)28(40)19(2)17-37(9,47-14)33(52-35-29(41)25(39(11)12)16-20(3)48-35)22(5)30(23(6)34(44)50-26)51-27-18-36(8,46-13)32(43)24(7)49-27/h19-27,29-33,35,41-43,45H,15-18H2,1-14H3/t19-,20-,21+,22+,23-,24+,25+,26-,27-,29-,30+,31-,32+,33-,35+,36-,37-,38-/m1/s1. The van der Waals surface area contributed by atoms with Gasteiger partial charge in [0.1, 0.15) is 29.7 Å². The molecule has 0 amide bonds. The highest BCUT2D eigenvalue weighted by atomic mass is 16.7. The highest BCUT2D eigenvalue weighted by molar-refractivity contribution is 5.83. The molecule has 0 aromatic heterocycles. The molecule has 0 aliphatic carbocycles. The number of esters is 1. The SMILES string of the molecule is CC[C@H]1OC(=O)[C@H](C)[C@@H](O[C@@H]2C[C@@](C)(OC)[C@@H](O)[C@H](C)O2)[C@H](C)[C@@H](O[C@@H]2O[C@H](C)C[C@H](N(C)C)[C@H]2O)[C@](C)(OC)C[C@@H](C)C(=O)[C@H](C)[C@@H](O)[C@]1(C)O. The maximum Gasteiger partial charge on any atom is 0.311 e. The summed E-state index contributed by atoms with van der Waals surface area (Å²) in [6.45, 7) is 17.1. The molecule has 14 heteroatoms. The summed E-state index contributed by atoms with van der Waals surface area (Å²) in [4.78, 5) is 30.1. The Morgan fingerprint density at radius 2 is 1.44 bits per heavy atom. The molecule has 3 saturated heterocycles. The Labute approximate surface area is 310 Å². The van der Waals surface area contributed by atoms with Gasteiger partial charge in [-0.25, -0.2) is 0 Å². The average Bonchev–Trinajstić information content (AvgIpc) is 3.09. The Bertz CT molecular complexity index is 1190. The molecule has 0 saturated carbocycles. The van der Waals surface area contributed by atoms with Crippen molar-refractivity contribution in [1.29, 1.82) is 0 Å². The summed E-state index contributed by atoms with van der Waals surface area (Å²) in [6, 6.07) is -0.283. The van der Waals surface area contributed by atoms with Crippen LogP contribution in [0.4, 0.5) is 0 Å². The van der Waals surface area contributed by atoms with Crippen LogP contribution >= 0.6 is 0 Å². The van der Waals surface area contributed by atoms with Crippen molar-refractivity contribution in [1.82, 2.24) is 4.90 Å². The van der Waals surface area contributed by atoms with E-state index in [2.05, 4.69) is 0 Å². The Morgan fingerprint density at radius 3 is 1.98 bits per heavy atom. The zero-order valence-electron chi connectivity index (χ0n) is 33.9. The van der Waals surface area contributed by atoms with E-state index in [0.717, 1.165) is 0 Å². The van der Waals surface area contributed by atoms with E-state index in [1.165, 1.54) is 21.1 Å². The molecule has 52 heavy (non-hydrogen) atoms. The molecule has 4 N–H and O–H groups in total. The number of nitrogens with zero attached hydrogens (tertiary/aromatic N) is 1. The van der Waals surface area contributed by atoms with Crippen molar-refractivity contribution in [2.45, 2.75) is 179 Å². The first kappa shape index (κ1) is 45.1. The van der Waals surface area contributed by atoms with E-state index in [4.69, 9.17) is 33.2 Å². The number of ketones is 1. The summed E-state index contributed by atoms with van der Waals surface area (Å²) in [7, 11) is 6.77. The number of aliphatic hydroxyl groups excluding tert-OH is 3. The number of methoxy groups -OCH3 is 2. The molecular weight excluding hydrogens is 678 g/mol. The summed E-state index contributed by atoms with van der Waals surface area (Å²) in [5, 5.41) is 45.6. The number of Topliss-reactive ketones (excluding diaryl/α,β-unsaturated/α-hetero) is 1. The first-order valence-electron chi connectivity index (χ1n) is 18.9. The van der Waals surface area contributed by atoms with E-state index >= 15 is 0 Å². The van der Waals surface area contributed by atoms with Gasteiger partial charge in [-0.15, -0.1) is 0 Å². The number of cyclic esters (lactones) is 1. The second kappa shape index (κ2) is 17.7. The molecule has 3 aliphatic heterocycles. The van der Waals surface area contributed by atoms with E-state index < -0.39 is 102 Å². The van der Waals surface area contributed by atoms with E-state index in [0.29, 0.717) is 6.42 Å². The highest BCUT2D eigenvalue weighted by Gasteiger charge is 2.54. The van der Waals surface area contributed by atoms with E-state index in [1.54, 1.807) is 48.5 Å². The van der Waals surface area contributed by atoms with Gasteiger partial charge in [-0.2, -0.15) is 0 Å². The molecule has 0 aromatic carbocycles. The van der Waals surface area contributed by atoms with E-state index in [1.807, 2.05) is 32.8 Å². The van der Waals surface area contributed by atoms with E-state index in [-0.39, 0.29) is 37.2 Å². The number of ether oxygens (including phenoxy) is 7. The minimum atomic E-state index is -1.96. The number of likely N-dealkylation sites (N-methyl/N-ethyl adjacent to an activating group) is 1. The van der Waals surface area contributed by atoms with Crippen LogP contribution in [-0.2, 0) is 42.7 Å². The Hall–Kier alpha value is -1.30. The maximum absolute atomic E-state index is 14.2. The van der Waals surface area contributed by atoms with Gasteiger partial charge in [0.05, 0.1) is 47.6 Å². The second-order valence-corrected chi connectivity index (χ2v) is 16.6. The summed E-state index contributed by atoms with van der Waals surface area (Å²) >= 11 is 0. The molecule has 18 atom stereocenters. The average molecular weight is 748 g/mol. The van der Waals surface area contributed by atoms with Gasteiger partial charge in [0.25, 0.3) is 0 Å². The number of carbonyl (C=O) groups is 2. The van der Waals surface area contributed by atoms with Crippen molar-refractivity contribution in [3.05, 3.63) is 0 Å². The van der Waals surface area contributed by atoms with Crippen molar-refractivity contribution < 1.29 is 63.2 Å². The lowest BCUT2D eigenvalue weighted by Gasteiger charge is -2.50. The second-order valence-electron chi connectivity index (χ2n) is 16.6. The summed E-state index contributed by atoms with van der Waals surface area (Å²) < 4.78 is 43.9. The minimum absolute atomic E-state index is 0.111. The normalized spacial score (nSPS) is 49.0. The maximum atomic E-state index is 14.2. The fourth-order valence-corrected chi connectivity index (χ4v) is 8.58. The van der Waals surface area contributed by atoms with Crippen molar-refractivity contribution in [2.75, 3.05) is 28.3 Å². The van der Waals surface area contributed by atoms with Crippen LogP contribution in [0.5, 0.6) is 0 Å². The molecule has 0 radical (unpaired) electrons. The third-order valence-corrected chi connectivity index (χ3v) is 12.3. The van der Waals surface area contributed by atoms with Gasteiger partial charge >= 0.3 is 5.97 Å². The first-order chi connectivity index (χ1) is 24.0. The molecule has 304 valence electrons. The lowest BCUT2D eigenvalue weighted by molar-refractivity contribution is -0.319. The van der Waals surface area contributed by atoms with E-state index in [9.17, 15) is 30.0 Å². The van der Waals surface area contributed by atoms with Crippen molar-refractivity contribution in [3.63, 3.8) is 0 Å². The molecule has 0 bridgehead atoms. The van der Waals surface area contributed by atoms with Gasteiger partial charge in [0, 0.05) is 44.4 Å². The monoisotopic (exact) mass is 747 g/mol. The van der Waals surface area contributed by atoms with Crippen LogP contribution in [0.25, 0.3) is 0 Å². The zero-order chi connectivity index (χ0) is 39.7. The fourth-order valence-electron chi connectivity index (χ4n) is 8.58. The zero-order valence-corrected chi connectivity index (χ0v) is 33.9. The van der Waals surface area contributed by atoms with Crippen molar-refractivity contribution >= 4 is 11.8 Å². The molecule has 14 nitrogen and oxygen atoms in total. The largest absolute Gasteiger partial charge is 0.459 e. The van der Waals surface area contributed by atoms with Crippen LogP contribution in [0.2, 0.25) is 0 Å². The molecule has 0 spiro atoms. The molecule has 0 unspecified atom stereocenters. The predicted octanol–water partition coefficient (Wildman–Crippen LogP) is 2.44. The number of aliphatic hydroxyl groups is 4.